The maximum atomic E-state index is 12.3. The first-order chi connectivity index (χ1) is 8.49. The highest BCUT2D eigenvalue weighted by Gasteiger charge is 2.41. The SMILES string of the molecule is CCCC1(N)CN(C(=O)c2cn(C)nc2CC)C1. The molecule has 2 rings (SSSR count). The Labute approximate surface area is 108 Å². The molecule has 2 N–H and O–H groups in total. The van der Waals surface area contributed by atoms with Crippen molar-refractivity contribution in [1.82, 2.24) is 14.7 Å². The van der Waals surface area contributed by atoms with E-state index in [9.17, 15) is 4.79 Å². The molecule has 1 saturated heterocycles. The Morgan fingerprint density at radius 1 is 1.50 bits per heavy atom. The zero-order chi connectivity index (χ0) is 13.3. The van der Waals surface area contributed by atoms with Crippen LogP contribution in [0, 0.1) is 0 Å². The molecule has 1 aliphatic rings. The van der Waals surface area contributed by atoms with Crippen molar-refractivity contribution in [2.75, 3.05) is 13.1 Å². The number of hydrogen-bond acceptors (Lipinski definition) is 3. The van der Waals surface area contributed by atoms with E-state index in [0.717, 1.165) is 30.5 Å². The molecule has 0 unspecified atom stereocenters. The van der Waals surface area contributed by atoms with Gasteiger partial charge < -0.3 is 10.6 Å². The summed E-state index contributed by atoms with van der Waals surface area (Å²) in [5.41, 5.74) is 7.60. The molecule has 0 atom stereocenters. The van der Waals surface area contributed by atoms with Crippen molar-refractivity contribution in [2.24, 2.45) is 12.8 Å². The van der Waals surface area contributed by atoms with Gasteiger partial charge in [-0.3, -0.25) is 9.48 Å². The molecule has 1 fully saturated rings. The zero-order valence-electron chi connectivity index (χ0n) is 11.4. The average molecular weight is 250 g/mol. The predicted molar refractivity (Wildman–Crippen MR) is 70.3 cm³/mol. The summed E-state index contributed by atoms with van der Waals surface area (Å²) in [5.74, 6) is 0.0668. The van der Waals surface area contributed by atoms with E-state index in [1.165, 1.54) is 0 Å². The summed E-state index contributed by atoms with van der Waals surface area (Å²) in [4.78, 5) is 14.2. The van der Waals surface area contributed by atoms with Crippen LogP contribution in [0.4, 0.5) is 0 Å². The monoisotopic (exact) mass is 250 g/mol. The van der Waals surface area contributed by atoms with Gasteiger partial charge in [0.25, 0.3) is 5.91 Å². The fourth-order valence-electron chi connectivity index (χ4n) is 2.66. The van der Waals surface area contributed by atoms with Crippen molar-refractivity contribution >= 4 is 5.91 Å². The van der Waals surface area contributed by atoms with Crippen molar-refractivity contribution in [2.45, 2.75) is 38.6 Å². The molecule has 0 bridgehead atoms. The lowest BCUT2D eigenvalue weighted by Crippen LogP contribution is -2.68. The first-order valence-corrected chi connectivity index (χ1v) is 6.59. The molecule has 5 heteroatoms. The third-order valence-electron chi connectivity index (χ3n) is 3.52. The van der Waals surface area contributed by atoms with Crippen LogP contribution in [-0.4, -0.2) is 39.2 Å². The number of amides is 1. The van der Waals surface area contributed by atoms with Crippen LogP contribution in [0.2, 0.25) is 0 Å². The van der Waals surface area contributed by atoms with Gasteiger partial charge in [0.2, 0.25) is 0 Å². The summed E-state index contributed by atoms with van der Waals surface area (Å²) in [5, 5.41) is 4.30. The predicted octanol–water partition coefficient (Wildman–Crippen LogP) is 0.936. The molecule has 100 valence electrons. The molecule has 0 aliphatic carbocycles. The van der Waals surface area contributed by atoms with Gasteiger partial charge in [-0.25, -0.2) is 0 Å². The van der Waals surface area contributed by atoms with E-state index in [4.69, 9.17) is 5.73 Å². The fourth-order valence-corrected chi connectivity index (χ4v) is 2.66. The molecule has 5 nitrogen and oxygen atoms in total. The minimum Gasteiger partial charge on any atom is -0.335 e. The Balaban J connectivity index is 2.05. The molecular weight excluding hydrogens is 228 g/mol. The van der Waals surface area contributed by atoms with E-state index in [1.807, 2.05) is 18.9 Å². The van der Waals surface area contributed by atoms with Crippen LogP contribution >= 0.6 is 0 Å². The number of rotatable bonds is 4. The normalized spacial score (nSPS) is 17.7. The molecule has 0 aromatic carbocycles. The number of aromatic nitrogens is 2. The largest absolute Gasteiger partial charge is 0.335 e. The van der Waals surface area contributed by atoms with Crippen LogP contribution in [0.25, 0.3) is 0 Å². The Morgan fingerprint density at radius 2 is 2.17 bits per heavy atom. The summed E-state index contributed by atoms with van der Waals surface area (Å²) in [6, 6.07) is 0. The fraction of sp³-hybridized carbons (Fsp3) is 0.692. The molecule has 0 spiro atoms. The molecule has 2 heterocycles. The number of nitrogens with zero attached hydrogens (tertiary/aromatic N) is 3. The van der Waals surface area contributed by atoms with Gasteiger partial charge in [0.15, 0.2) is 0 Å². The Bertz CT molecular complexity index is 446. The first kappa shape index (κ1) is 13.1. The van der Waals surface area contributed by atoms with Crippen molar-refractivity contribution in [3.8, 4) is 0 Å². The Kier molecular flexibility index (Phi) is 3.43. The van der Waals surface area contributed by atoms with E-state index >= 15 is 0 Å². The second-order valence-electron chi connectivity index (χ2n) is 5.29. The quantitative estimate of drug-likeness (QED) is 0.865. The summed E-state index contributed by atoms with van der Waals surface area (Å²) < 4.78 is 1.70. The van der Waals surface area contributed by atoms with Gasteiger partial charge >= 0.3 is 0 Å². The molecule has 1 amide bonds. The average Bonchev–Trinajstić information content (AvgIpc) is 2.66. The van der Waals surface area contributed by atoms with Crippen LogP contribution in [-0.2, 0) is 13.5 Å². The van der Waals surface area contributed by atoms with Gasteiger partial charge in [0.05, 0.1) is 16.8 Å². The zero-order valence-corrected chi connectivity index (χ0v) is 11.4. The van der Waals surface area contributed by atoms with Gasteiger partial charge in [-0.05, 0) is 12.8 Å². The lowest BCUT2D eigenvalue weighted by atomic mass is 9.86. The molecule has 0 radical (unpaired) electrons. The number of hydrogen-bond donors (Lipinski definition) is 1. The molecule has 18 heavy (non-hydrogen) atoms. The molecule has 0 saturated carbocycles. The smallest absolute Gasteiger partial charge is 0.257 e. The van der Waals surface area contributed by atoms with Crippen LogP contribution in [0.5, 0.6) is 0 Å². The van der Waals surface area contributed by atoms with E-state index in [2.05, 4.69) is 12.0 Å². The maximum absolute atomic E-state index is 12.3. The highest BCUT2D eigenvalue weighted by atomic mass is 16.2. The topological polar surface area (TPSA) is 64.2 Å². The maximum Gasteiger partial charge on any atom is 0.257 e. The number of carbonyl (C=O) groups excluding carboxylic acids is 1. The van der Waals surface area contributed by atoms with E-state index in [1.54, 1.807) is 10.9 Å². The minimum atomic E-state index is -0.168. The van der Waals surface area contributed by atoms with E-state index < -0.39 is 0 Å². The third-order valence-corrected chi connectivity index (χ3v) is 3.52. The molecule has 1 aromatic rings. The van der Waals surface area contributed by atoms with Gasteiger partial charge in [-0.2, -0.15) is 5.10 Å². The van der Waals surface area contributed by atoms with Gasteiger partial charge in [-0.15, -0.1) is 0 Å². The molecule has 1 aromatic heterocycles. The Hall–Kier alpha value is -1.36. The second-order valence-corrected chi connectivity index (χ2v) is 5.29. The lowest BCUT2D eigenvalue weighted by molar-refractivity contribution is 0.0385. The first-order valence-electron chi connectivity index (χ1n) is 6.59. The van der Waals surface area contributed by atoms with Gasteiger partial charge in [-0.1, -0.05) is 20.3 Å². The van der Waals surface area contributed by atoms with Crippen LogP contribution in [0.3, 0.4) is 0 Å². The van der Waals surface area contributed by atoms with E-state index in [-0.39, 0.29) is 11.4 Å². The van der Waals surface area contributed by atoms with Crippen molar-refractivity contribution in [3.63, 3.8) is 0 Å². The van der Waals surface area contributed by atoms with Crippen LogP contribution in [0.15, 0.2) is 6.20 Å². The highest BCUT2D eigenvalue weighted by molar-refractivity contribution is 5.95. The number of aryl methyl sites for hydroxylation is 2. The van der Waals surface area contributed by atoms with Crippen molar-refractivity contribution in [3.05, 3.63) is 17.5 Å². The molecule has 1 aliphatic heterocycles. The van der Waals surface area contributed by atoms with E-state index in [0.29, 0.717) is 13.1 Å². The lowest BCUT2D eigenvalue weighted by Gasteiger charge is -2.47. The highest BCUT2D eigenvalue weighted by Crippen LogP contribution is 2.25. The number of carbonyl (C=O) groups is 1. The Morgan fingerprint density at radius 3 is 2.72 bits per heavy atom. The summed E-state index contributed by atoms with van der Waals surface area (Å²) >= 11 is 0. The van der Waals surface area contributed by atoms with Crippen molar-refractivity contribution < 1.29 is 4.79 Å². The summed E-state index contributed by atoms with van der Waals surface area (Å²) in [6.45, 7) is 5.46. The van der Waals surface area contributed by atoms with Gasteiger partial charge in [0, 0.05) is 26.3 Å². The molecular formula is C13H22N4O. The summed E-state index contributed by atoms with van der Waals surface area (Å²) in [6.07, 6.45) is 4.62. The van der Waals surface area contributed by atoms with Gasteiger partial charge in [0.1, 0.15) is 0 Å². The van der Waals surface area contributed by atoms with Crippen LogP contribution < -0.4 is 5.73 Å². The number of nitrogens with two attached hydrogens (primary N) is 1. The number of likely N-dealkylation sites (tertiary alicyclic amines) is 1. The van der Waals surface area contributed by atoms with Crippen molar-refractivity contribution in [1.29, 1.82) is 0 Å². The third kappa shape index (κ3) is 2.27. The van der Waals surface area contributed by atoms with Crippen LogP contribution in [0.1, 0.15) is 42.7 Å². The minimum absolute atomic E-state index is 0.0668. The summed E-state index contributed by atoms with van der Waals surface area (Å²) in [7, 11) is 1.84. The second kappa shape index (κ2) is 4.72. The standard InChI is InChI=1S/C13H22N4O/c1-4-6-13(14)8-17(9-13)12(18)10-7-16(3)15-11(10)5-2/h7H,4-6,8-9,14H2,1-3H3.